The molecule has 1 aliphatic carbocycles. The van der Waals surface area contributed by atoms with Crippen molar-refractivity contribution in [2.24, 2.45) is 0 Å². The second kappa shape index (κ2) is 4.94. The predicted octanol–water partition coefficient (Wildman–Crippen LogP) is 3.70. The summed E-state index contributed by atoms with van der Waals surface area (Å²) in [4.78, 5) is 0. The first-order valence-corrected chi connectivity index (χ1v) is 6.52. The van der Waals surface area contributed by atoms with E-state index in [1.54, 1.807) is 7.05 Å². The van der Waals surface area contributed by atoms with Crippen LogP contribution in [0.5, 0.6) is 0 Å². The Morgan fingerprint density at radius 3 is 2.50 bits per heavy atom. The molecule has 1 N–H and O–H groups in total. The van der Waals surface area contributed by atoms with Crippen molar-refractivity contribution in [2.75, 3.05) is 7.05 Å². The Bertz CT molecular complexity index is 654. The summed E-state index contributed by atoms with van der Waals surface area (Å²) in [6.45, 7) is 0. The van der Waals surface area contributed by atoms with Crippen LogP contribution in [0, 0.1) is 17.5 Å². The maximum absolute atomic E-state index is 13.9. The Labute approximate surface area is 115 Å². The Morgan fingerprint density at radius 2 is 1.80 bits per heavy atom. The summed E-state index contributed by atoms with van der Waals surface area (Å²) in [6, 6.07) is 9.84. The van der Waals surface area contributed by atoms with Gasteiger partial charge in [0.15, 0.2) is 17.5 Å². The van der Waals surface area contributed by atoms with Crippen LogP contribution in [0.1, 0.15) is 28.7 Å². The van der Waals surface area contributed by atoms with Crippen LogP contribution in [0.3, 0.4) is 0 Å². The van der Waals surface area contributed by atoms with Gasteiger partial charge in [-0.2, -0.15) is 0 Å². The summed E-state index contributed by atoms with van der Waals surface area (Å²) < 4.78 is 40.4. The Hall–Kier alpha value is -1.81. The predicted molar refractivity (Wildman–Crippen MR) is 71.0 cm³/mol. The van der Waals surface area contributed by atoms with Crippen molar-refractivity contribution in [2.45, 2.75) is 18.4 Å². The fourth-order valence-corrected chi connectivity index (χ4v) is 2.95. The third kappa shape index (κ3) is 1.91. The van der Waals surface area contributed by atoms with Crippen molar-refractivity contribution in [3.05, 3.63) is 70.5 Å². The standard InChI is InChI=1S/C16H14F3N/c1-20-16(11-6-7-13(17)15(19)14(11)18)12-8-9-4-2-3-5-10(9)12/h2-7,12,16,20H,8H2,1H3. The molecule has 3 rings (SSSR count). The third-order valence-corrected chi connectivity index (χ3v) is 4.01. The van der Waals surface area contributed by atoms with Crippen molar-refractivity contribution >= 4 is 0 Å². The molecule has 0 aromatic heterocycles. The van der Waals surface area contributed by atoms with E-state index in [9.17, 15) is 13.2 Å². The maximum Gasteiger partial charge on any atom is 0.194 e. The molecule has 0 heterocycles. The molecule has 1 aliphatic rings. The van der Waals surface area contributed by atoms with Crippen LogP contribution in [0.15, 0.2) is 36.4 Å². The number of nitrogens with one attached hydrogen (secondary N) is 1. The average Bonchev–Trinajstić information content (AvgIpc) is 2.43. The van der Waals surface area contributed by atoms with Gasteiger partial charge in [0.1, 0.15) is 0 Å². The summed E-state index contributed by atoms with van der Waals surface area (Å²) in [5.41, 5.74) is 2.53. The molecule has 2 atom stereocenters. The van der Waals surface area contributed by atoms with Crippen molar-refractivity contribution in [3.63, 3.8) is 0 Å². The number of fused-ring (bicyclic) bond motifs is 1. The lowest BCUT2D eigenvalue weighted by Crippen LogP contribution is -2.32. The van der Waals surface area contributed by atoms with E-state index >= 15 is 0 Å². The molecule has 0 bridgehead atoms. The molecule has 1 nitrogen and oxygen atoms in total. The van der Waals surface area contributed by atoms with Crippen LogP contribution in [-0.2, 0) is 6.42 Å². The lowest BCUT2D eigenvalue weighted by molar-refractivity contribution is 0.395. The van der Waals surface area contributed by atoms with Gasteiger partial charge in [0.05, 0.1) is 0 Å². The molecule has 0 aliphatic heterocycles. The molecule has 0 spiro atoms. The van der Waals surface area contributed by atoms with E-state index in [1.807, 2.05) is 24.3 Å². The van der Waals surface area contributed by atoms with Crippen LogP contribution in [-0.4, -0.2) is 7.05 Å². The number of rotatable bonds is 3. The Morgan fingerprint density at radius 1 is 1.05 bits per heavy atom. The molecular formula is C16H14F3N. The number of benzene rings is 2. The largest absolute Gasteiger partial charge is 0.312 e. The summed E-state index contributed by atoms with van der Waals surface area (Å²) in [7, 11) is 1.70. The van der Waals surface area contributed by atoms with Gasteiger partial charge in [-0.1, -0.05) is 30.3 Å². The summed E-state index contributed by atoms with van der Waals surface area (Å²) in [5, 5.41) is 3.02. The van der Waals surface area contributed by atoms with Crippen molar-refractivity contribution in [1.29, 1.82) is 0 Å². The zero-order chi connectivity index (χ0) is 14.3. The first-order valence-electron chi connectivity index (χ1n) is 6.52. The van der Waals surface area contributed by atoms with Crippen molar-refractivity contribution in [1.82, 2.24) is 5.32 Å². The minimum Gasteiger partial charge on any atom is -0.312 e. The highest BCUT2D eigenvalue weighted by Crippen LogP contribution is 2.44. The fraction of sp³-hybridized carbons (Fsp3) is 0.250. The van der Waals surface area contributed by atoms with E-state index in [-0.39, 0.29) is 17.5 Å². The first kappa shape index (κ1) is 13.2. The second-order valence-corrected chi connectivity index (χ2v) is 5.04. The number of hydrogen-bond acceptors (Lipinski definition) is 1. The molecule has 2 unspecified atom stereocenters. The fourth-order valence-electron chi connectivity index (χ4n) is 2.95. The van der Waals surface area contributed by atoms with Gasteiger partial charge < -0.3 is 5.32 Å². The van der Waals surface area contributed by atoms with Crippen molar-refractivity contribution < 1.29 is 13.2 Å². The van der Waals surface area contributed by atoms with Crippen LogP contribution in [0.4, 0.5) is 13.2 Å². The van der Waals surface area contributed by atoms with Gasteiger partial charge in [-0.25, -0.2) is 13.2 Å². The van der Waals surface area contributed by atoms with Gasteiger partial charge in [-0.3, -0.25) is 0 Å². The smallest absolute Gasteiger partial charge is 0.194 e. The highest BCUT2D eigenvalue weighted by Gasteiger charge is 2.34. The molecule has 0 fully saturated rings. The molecule has 2 aromatic carbocycles. The van der Waals surface area contributed by atoms with Gasteiger partial charge >= 0.3 is 0 Å². The SMILES string of the molecule is CNC(c1ccc(F)c(F)c1F)C1Cc2ccccc21. The van der Waals surface area contributed by atoms with E-state index in [2.05, 4.69) is 5.32 Å². The van der Waals surface area contributed by atoms with Crippen LogP contribution in [0.25, 0.3) is 0 Å². The highest BCUT2D eigenvalue weighted by atomic mass is 19.2. The molecule has 20 heavy (non-hydrogen) atoms. The minimum atomic E-state index is -1.41. The van der Waals surface area contributed by atoms with E-state index in [1.165, 1.54) is 11.6 Å². The number of halogens is 3. The van der Waals surface area contributed by atoms with Gasteiger partial charge in [0, 0.05) is 17.5 Å². The second-order valence-electron chi connectivity index (χ2n) is 5.04. The first-order chi connectivity index (χ1) is 9.63. The summed E-state index contributed by atoms with van der Waals surface area (Å²) >= 11 is 0. The third-order valence-electron chi connectivity index (χ3n) is 4.01. The lowest BCUT2D eigenvalue weighted by atomic mass is 9.71. The van der Waals surface area contributed by atoms with Gasteiger partial charge in [-0.15, -0.1) is 0 Å². The average molecular weight is 277 g/mol. The summed E-state index contributed by atoms with van der Waals surface area (Å²) in [6.07, 6.45) is 0.806. The van der Waals surface area contributed by atoms with Gasteiger partial charge in [0.25, 0.3) is 0 Å². The molecule has 0 amide bonds. The normalized spacial score (nSPS) is 18.3. The summed E-state index contributed by atoms with van der Waals surface area (Å²) in [5.74, 6) is -3.59. The highest BCUT2D eigenvalue weighted by molar-refractivity contribution is 5.43. The van der Waals surface area contributed by atoms with E-state index < -0.39 is 17.5 Å². The van der Waals surface area contributed by atoms with Gasteiger partial charge in [-0.05, 0) is 30.7 Å². The number of likely N-dealkylation sites (N-methyl/N-ethyl adjacent to an activating group) is 1. The Balaban J connectivity index is 1.99. The number of hydrogen-bond donors (Lipinski definition) is 1. The zero-order valence-electron chi connectivity index (χ0n) is 11.0. The molecule has 0 radical (unpaired) electrons. The molecule has 4 heteroatoms. The van der Waals surface area contributed by atoms with E-state index in [4.69, 9.17) is 0 Å². The molecule has 104 valence electrons. The van der Waals surface area contributed by atoms with Crippen LogP contribution < -0.4 is 5.32 Å². The Kier molecular flexibility index (Phi) is 3.26. The van der Waals surface area contributed by atoms with Crippen LogP contribution >= 0.6 is 0 Å². The minimum absolute atomic E-state index is 0.0792. The van der Waals surface area contributed by atoms with Crippen molar-refractivity contribution in [3.8, 4) is 0 Å². The van der Waals surface area contributed by atoms with Gasteiger partial charge in [0.2, 0.25) is 0 Å². The van der Waals surface area contributed by atoms with Crippen LogP contribution in [0.2, 0.25) is 0 Å². The zero-order valence-corrected chi connectivity index (χ0v) is 11.0. The van der Waals surface area contributed by atoms with E-state index in [0.717, 1.165) is 18.1 Å². The quantitative estimate of drug-likeness (QED) is 0.843. The molecular weight excluding hydrogens is 263 g/mol. The molecule has 2 aromatic rings. The molecule has 0 saturated heterocycles. The van der Waals surface area contributed by atoms with E-state index in [0.29, 0.717) is 0 Å². The molecule has 0 saturated carbocycles. The maximum atomic E-state index is 13.9. The topological polar surface area (TPSA) is 12.0 Å². The monoisotopic (exact) mass is 277 g/mol. The lowest BCUT2D eigenvalue weighted by Gasteiger charge is -2.36.